The molecule has 7 nitrogen and oxygen atoms in total. The van der Waals surface area contributed by atoms with E-state index >= 15 is 0 Å². The van der Waals surface area contributed by atoms with Gasteiger partial charge in [0.05, 0.1) is 18.7 Å². The Hall–Kier alpha value is -2.90. The molecule has 3 amide bonds. The Morgan fingerprint density at radius 2 is 1.62 bits per heavy atom. The van der Waals surface area contributed by atoms with Crippen molar-refractivity contribution in [2.45, 2.75) is 71.7 Å². The minimum absolute atomic E-state index is 0.120. The van der Waals surface area contributed by atoms with Crippen LogP contribution in [0.1, 0.15) is 75.2 Å². The van der Waals surface area contributed by atoms with Crippen molar-refractivity contribution in [1.29, 1.82) is 0 Å². The van der Waals surface area contributed by atoms with Gasteiger partial charge in [0, 0.05) is 7.11 Å². The average molecular weight is 510 g/mol. The topological polar surface area (TPSA) is 71.1 Å². The van der Waals surface area contributed by atoms with Gasteiger partial charge < -0.3 is 19.7 Å². The summed E-state index contributed by atoms with van der Waals surface area (Å²) in [5.74, 6) is 0.451. The Morgan fingerprint density at radius 1 is 1.03 bits per heavy atom. The van der Waals surface area contributed by atoms with Gasteiger partial charge in [-0.1, -0.05) is 69.2 Å². The van der Waals surface area contributed by atoms with E-state index in [1.807, 2.05) is 83.4 Å². The first kappa shape index (κ1) is 28.7. The molecule has 1 unspecified atom stereocenters. The predicted octanol–water partition coefficient (Wildman–Crippen LogP) is 5.85. The molecule has 37 heavy (non-hydrogen) atoms. The van der Waals surface area contributed by atoms with Crippen molar-refractivity contribution in [2.24, 2.45) is 5.41 Å². The molecule has 1 aliphatic rings. The summed E-state index contributed by atoms with van der Waals surface area (Å²) < 4.78 is 11.7. The zero-order chi connectivity index (χ0) is 27.2. The van der Waals surface area contributed by atoms with Crippen LogP contribution >= 0.6 is 0 Å². The molecule has 1 heterocycles. The lowest BCUT2D eigenvalue weighted by atomic mass is 9.72. The highest BCUT2D eigenvalue weighted by atomic mass is 16.5. The first-order valence-electron chi connectivity index (χ1n) is 13.3. The van der Waals surface area contributed by atoms with Gasteiger partial charge in [-0.05, 0) is 63.5 Å². The fraction of sp³-hybridized carbons (Fsp3) is 0.533. The summed E-state index contributed by atoms with van der Waals surface area (Å²) >= 11 is 0. The van der Waals surface area contributed by atoms with E-state index in [2.05, 4.69) is 17.1 Å². The van der Waals surface area contributed by atoms with E-state index in [0.29, 0.717) is 25.2 Å². The van der Waals surface area contributed by atoms with E-state index in [1.165, 1.54) is 4.90 Å². The summed E-state index contributed by atoms with van der Waals surface area (Å²) in [6, 6.07) is 15.5. The molecule has 0 saturated carbocycles. The number of nitrogens with zero attached hydrogens (tertiary/aromatic N) is 2. The lowest BCUT2D eigenvalue weighted by Crippen LogP contribution is -2.73. The Labute approximate surface area is 222 Å². The second-order valence-electron chi connectivity index (χ2n) is 10.2. The van der Waals surface area contributed by atoms with Crippen molar-refractivity contribution in [2.75, 3.05) is 27.8 Å². The zero-order valence-electron chi connectivity index (χ0n) is 23.4. The Balaban J connectivity index is 1.82. The van der Waals surface area contributed by atoms with Crippen molar-refractivity contribution in [3.05, 3.63) is 65.2 Å². The molecule has 0 bridgehead atoms. The monoisotopic (exact) mass is 509 g/mol. The first-order chi connectivity index (χ1) is 17.7. The minimum Gasteiger partial charge on any atom is -0.469 e. The number of hydrogen-bond donors (Lipinski definition) is 1. The van der Waals surface area contributed by atoms with Gasteiger partial charge in [0.15, 0.2) is 6.23 Å². The number of imide groups is 1. The normalized spacial score (nSPS) is 18.3. The van der Waals surface area contributed by atoms with Crippen LogP contribution in [0.2, 0.25) is 0 Å². The van der Waals surface area contributed by atoms with Crippen molar-refractivity contribution >= 4 is 11.9 Å². The van der Waals surface area contributed by atoms with E-state index in [0.717, 1.165) is 29.5 Å². The van der Waals surface area contributed by atoms with E-state index < -0.39 is 17.7 Å². The lowest BCUT2D eigenvalue weighted by Gasteiger charge is -2.53. The number of ether oxygens (including phenoxy) is 2. The number of amides is 3. The molecule has 1 fully saturated rings. The highest BCUT2D eigenvalue weighted by Gasteiger charge is 2.63. The molecule has 3 atom stereocenters. The number of hydrogen-bond acceptors (Lipinski definition) is 5. The third kappa shape index (κ3) is 5.99. The van der Waals surface area contributed by atoms with Gasteiger partial charge >= 0.3 is 6.03 Å². The molecule has 1 saturated heterocycles. The molecule has 0 aliphatic carbocycles. The van der Waals surface area contributed by atoms with Crippen LogP contribution in [0.25, 0.3) is 0 Å². The number of benzene rings is 2. The molecule has 202 valence electrons. The molecular weight excluding hydrogens is 466 g/mol. The Morgan fingerprint density at radius 3 is 2.14 bits per heavy atom. The van der Waals surface area contributed by atoms with Crippen molar-refractivity contribution in [1.82, 2.24) is 15.1 Å². The third-order valence-electron chi connectivity index (χ3n) is 7.65. The Bertz CT molecular complexity index is 1030. The van der Waals surface area contributed by atoms with Gasteiger partial charge in [-0.25, -0.2) is 9.69 Å². The number of β-lactam (4-membered cyclic amide) rings is 1. The van der Waals surface area contributed by atoms with Gasteiger partial charge in [-0.3, -0.25) is 4.79 Å². The second kappa shape index (κ2) is 12.6. The standard InChI is InChI=1S/C30H43N3O4/c1-8-11-25(22-14-12-21(4)13-15-22)31-29(35)33-27(34)30(9-2,10-3)28(33)37-24-18-16-23(17-19-24)26(20-36-7)32(5)6/h12-19,25-26,28H,8-11,20H2,1-7H3,(H,31,35)/t25?,26-,28-/m0/s1. The van der Waals surface area contributed by atoms with Gasteiger partial charge in [-0.2, -0.15) is 0 Å². The average Bonchev–Trinajstić information content (AvgIpc) is 2.88. The van der Waals surface area contributed by atoms with Gasteiger partial charge in [0.25, 0.3) is 0 Å². The molecule has 0 radical (unpaired) electrons. The molecule has 7 heteroatoms. The number of rotatable bonds is 12. The Kier molecular flexibility index (Phi) is 9.74. The van der Waals surface area contributed by atoms with Gasteiger partial charge in [-0.15, -0.1) is 0 Å². The van der Waals surface area contributed by atoms with Crippen LogP contribution in [0.5, 0.6) is 5.75 Å². The highest BCUT2D eigenvalue weighted by Crippen LogP contribution is 2.46. The quantitative estimate of drug-likeness (QED) is 0.364. The summed E-state index contributed by atoms with van der Waals surface area (Å²) in [6.07, 6.45) is 2.23. The van der Waals surface area contributed by atoms with E-state index in [1.54, 1.807) is 7.11 Å². The maximum Gasteiger partial charge on any atom is 0.327 e. The summed E-state index contributed by atoms with van der Waals surface area (Å²) in [6.45, 7) is 8.67. The van der Waals surface area contributed by atoms with Crippen molar-refractivity contribution in [3.8, 4) is 5.75 Å². The summed E-state index contributed by atoms with van der Waals surface area (Å²) in [4.78, 5) is 30.2. The van der Waals surface area contributed by atoms with Crippen LogP contribution in [-0.2, 0) is 9.53 Å². The van der Waals surface area contributed by atoms with Crippen LogP contribution in [0.15, 0.2) is 48.5 Å². The molecule has 0 spiro atoms. The summed E-state index contributed by atoms with van der Waals surface area (Å²) in [7, 11) is 5.73. The van der Waals surface area contributed by atoms with Gasteiger partial charge in [0.1, 0.15) is 11.2 Å². The van der Waals surface area contributed by atoms with E-state index in [9.17, 15) is 9.59 Å². The van der Waals surface area contributed by atoms with Crippen LogP contribution in [0.3, 0.4) is 0 Å². The SMILES string of the molecule is CCCC(NC(=O)N1C(=O)C(CC)(CC)[C@@H]1Oc1ccc([C@H](COC)N(C)C)cc1)c1ccc(C)cc1. The summed E-state index contributed by atoms with van der Waals surface area (Å²) in [5.41, 5.74) is 2.59. The maximum atomic E-state index is 13.5. The smallest absolute Gasteiger partial charge is 0.327 e. The third-order valence-corrected chi connectivity index (χ3v) is 7.65. The number of nitrogens with one attached hydrogen (secondary N) is 1. The molecule has 1 N–H and O–H groups in total. The van der Waals surface area contributed by atoms with Crippen LogP contribution in [0, 0.1) is 12.3 Å². The number of likely N-dealkylation sites (tertiary alicyclic amines) is 1. The highest BCUT2D eigenvalue weighted by molar-refractivity contribution is 6.03. The fourth-order valence-electron chi connectivity index (χ4n) is 5.13. The van der Waals surface area contributed by atoms with E-state index in [4.69, 9.17) is 9.47 Å². The molecule has 2 aromatic carbocycles. The maximum absolute atomic E-state index is 13.5. The molecule has 1 aliphatic heterocycles. The number of aryl methyl sites for hydroxylation is 1. The van der Waals surface area contributed by atoms with Crippen LogP contribution in [0.4, 0.5) is 4.79 Å². The lowest BCUT2D eigenvalue weighted by molar-refractivity contribution is -0.191. The molecular formula is C30H43N3O4. The van der Waals surface area contributed by atoms with Crippen molar-refractivity contribution in [3.63, 3.8) is 0 Å². The van der Waals surface area contributed by atoms with Crippen molar-refractivity contribution < 1.29 is 19.1 Å². The zero-order valence-corrected chi connectivity index (χ0v) is 23.4. The molecule has 3 rings (SSSR count). The number of carbonyl (C=O) groups excluding carboxylic acids is 2. The predicted molar refractivity (Wildman–Crippen MR) is 146 cm³/mol. The van der Waals surface area contributed by atoms with Gasteiger partial charge in [0.2, 0.25) is 5.91 Å². The number of methoxy groups -OCH3 is 1. The molecule has 2 aromatic rings. The first-order valence-corrected chi connectivity index (χ1v) is 13.3. The number of carbonyl (C=O) groups is 2. The summed E-state index contributed by atoms with van der Waals surface area (Å²) in [5, 5.41) is 3.11. The van der Waals surface area contributed by atoms with E-state index in [-0.39, 0.29) is 18.0 Å². The number of urea groups is 1. The number of likely N-dealkylation sites (N-methyl/N-ethyl adjacent to an activating group) is 1. The second-order valence-corrected chi connectivity index (χ2v) is 10.2. The van der Waals surface area contributed by atoms with Crippen LogP contribution in [-0.4, -0.2) is 55.8 Å². The fourth-order valence-corrected chi connectivity index (χ4v) is 5.13. The largest absolute Gasteiger partial charge is 0.469 e. The van der Waals surface area contributed by atoms with Crippen LogP contribution < -0.4 is 10.1 Å². The minimum atomic E-state index is -0.720. The molecule has 0 aromatic heterocycles.